The number of hydrogen-bond acceptors (Lipinski definition) is 7. The van der Waals surface area contributed by atoms with Gasteiger partial charge in [-0.2, -0.15) is 0 Å². The van der Waals surface area contributed by atoms with E-state index in [0.717, 1.165) is 15.2 Å². The van der Waals surface area contributed by atoms with E-state index in [0.29, 0.717) is 16.5 Å². The van der Waals surface area contributed by atoms with Crippen molar-refractivity contribution in [3.8, 4) is 5.75 Å². The molecule has 4 aromatic rings. The van der Waals surface area contributed by atoms with Gasteiger partial charge in [-0.25, -0.2) is 9.59 Å². The Morgan fingerprint density at radius 1 is 0.633 bits per heavy atom. The SMILES string of the molecule is O=C(O)c1cccc(N2C(=O)C3CC=C4C(CC5C(=O)N(c6cccc(C(=O)O)c6)C(=O)C5C4c4ccc5ccccc5c4O)C3C2=O)c1. The predicted molar refractivity (Wildman–Crippen MR) is 175 cm³/mol. The minimum atomic E-state index is -1.22. The fraction of sp³-hybridized carbons (Fsp3) is 0.211. The van der Waals surface area contributed by atoms with E-state index in [-0.39, 0.29) is 41.1 Å². The Morgan fingerprint density at radius 3 is 1.86 bits per heavy atom. The van der Waals surface area contributed by atoms with E-state index in [1.807, 2.05) is 24.3 Å². The second-order valence-electron chi connectivity index (χ2n) is 13.0. The van der Waals surface area contributed by atoms with Crippen molar-refractivity contribution < 1.29 is 44.1 Å². The van der Waals surface area contributed by atoms with E-state index in [4.69, 9.17) is 0 Å². The molecule has 4 aromatic carbocycles. The van der Waals surface area contributed by atoms with Crippen LogP contribution in [0.15, 0.2) is 96.6 Å². The van der Waals surface area contributed by atoms with E-state index in [1.165, 1.54) is 48.5 Å². The zero-order valence-corrected chi connectivity index (χ0v) is 25.7. The molecule has 1 saturated carbocycles. The summed E-state index contributed by atoms with van der Waals surface area (Å²) in [5.41, 5.74) is 1.15. The lowest BCUT2D eigenvalue weighted by atomic mass is 9.57. The normalized spacial score (nSPS) is 26.0. The summed E-state index contributed by atoms with van der Waals surface area (Å²) in [7, 11) is 0. The Kier molecular flexibility index (Phi) is 6.78. The first-order valence-corrected chi connectivity index (χ1v) is 15.9. The lowest BCUT2D eigenvalue weighted by Gasteiger charge is -2.44. The predicted octanol–water partition coefficient (Wildman–Crippen LogP) is 4.99. The van der Waals surface area contributed by atoms with Gasteiger partial charge in [0, 0.05) is 16.9 Å². The van der Waals surface area contributed by atoms with E-state index < -0.39 is 71.1 Å². The molecule has 3 fully saturated rings. The minimum Gasteiger partial charge on any atom is -0.507 e. The topological polar surface area (TPSA) is 170 Å². The van der Waals surface area contributed by atoms with E-state index in [9.17, 15) is 44.1 Å². The smallest absolute Gasteiger partial charge is 0.335 e. The van der Waals surface area contributed by atoms with Gasteiger partial charge >= 0.3 is 11.9 Å². The van der Waals surface area contributed by atoms with Crippen LogP contribution < -0.4 is 9.80 Å². The fourth-order valence-corrected chi connectivity index (χ4v) is 8.52. The number of aromatic carboxylic acids is 2. The van der Waals surface area contributed by atoms with Crippen LogP contribution in [-0.4, -0.2) is 50.9 Å². The Labute approximate surface area is 278 Å². The molecule has 49 heavy (non-hydrogen) atoms. The van der Waals surface area contributed by atoms with Crippen LogP contribution in [0.2, 0.25) is 0 Å². The Morgan fingerprint density at radius 2 is 1.22 bits per heavy atom. The van der Waals surface area contributed by atoms with Crippen molar-refractivity contribution in [1.29, 1.82) is 0 Å². The number of amides is 4. The van der Waals surface area contributed by atoms with Crippen LogP contribution in [0.25, 0.3) is 10.8 Å². The highest BCUT2D eigenvalue weighted by Gasteiger charge is 2.62. The van der Waals surface area contributed by atoms with Crippen LogP contribution in [0.4, 0.5) is 11.4 Å². The van der Waals surface area contributed by atoms with Gasteiger partial charge in [0.15, 0.2) is 0 Å². The number of imide groups is 2. The maximum Gasteiger partial charge on any atom is 0.335 e. The summed E-state index contributed by atoms with van der Waals surface area (Å²) in [6.45, 7) is 0. The van der Waals surface area contributed by atoms with E-state index >= 15 is 0 Å². The van der Waals surface area contributed by atoms with E-state index in [2.05, 4.69) is 0 Å². The second kappa shape index (κ2) is 11.0. The number of carbonyl (C=O) groups excluding carboxylic acids is 4. The van der Waals surface area contributed by atoms with Crippen LogP contribution in [0.3, 0.4) is 0 Å². The number of anilines is 2. The van der Waals surface area contributed by atoms with Crippen LogP contribution in [-0.2, 0) is 19.2 Å². The van der Waals surface area contributed by atoms with Gasteiger partial charge in [0.1, 0.15) is 5.75 Å². The van der Waals surface area contributed by atoms with Crippen LogP contribution in [0, 0.1) is 29.6 Å². The van der Waals surface area contributed by atoms with Crippen molar-refractivity contribution in [2.45, 2.75) is 18.8 Å². The standard InChI is InChI=1S/C38H28N2O9/c41-32-23-10-2-1-5-18(23)11-12-25(32)29-24-13-14-26-30(35(44)39(33(26)42)21-8-3-6-19(15-21)37(46)47)27(24)17-28-31(29)36(45)40(34(28)43)22-9-4-7-20(16-22)38(48)49/h1-13,15-16,26-31,41H,14,17H2,(H,46,47)(H,48,49). The first kappa shape index (κ1) is 30.2. The van der Waals surface area contributed by atoms with Gasteiger partial charge in [-0.3, -0.25) is 29.0 Å². The monoisotopic (exact) mass is 656 g/mol. The lowest BCUT2D eigenvalue weighted by molar-refractivity contribution is -0.126. The largest absolute Gasteiger partial charge is 0.507 e. The number of phenols is 1. The van der Waals surface area contributed by atoms with Gasteiger partial charge in [0.05, 0.1) is 46.2 Å². The summed E-state index contributed by atoms with van der Waals surface area (Å²) in [5.74, 6) is -9.62. The van der Waals surface area contributed by atoms with E-state index in [1.54, 1.807) is 18.2 Å². The summed E-state index contributed by atoms with van der Waals surface area (Å²) in [6, 6.07) is 21.9. The highest BCUT2D eigenvalue weighted by atomic mass is 16.4. The molecule has 11 nitrogen and oxygen atoms in total. The first-order valence-electron chi connectivity index (χ1n) is 15.9. The van der Waals surface area contributed by atoms with Gasteiger partial charge in [-0.05, 0) is 60.5 Å². The number of carbonyl (C=O) groups is 6. The molecule has 3 N–H and O–H groups in total. The number of fused-ring (bicyclic) bond motifs is 5. The average molecular weight is 657 g/mol. The molecule has 0 aromatic heterocycles. The quantitative estimate of drug-likeness (QED) is 0.198. The summed E-state index contributed by atoms with van der Waals surface area (Å²) >= 11 is 0. The highest BCUT2D eigenvalue weighted by molar-refractivity contribution is 6.24. The van der Waals surface area contributed by atoms with Crippen LogP contribution >= 0.6 is 0 Å². The molecule has 6 atom stereocenters. The molecule has 4 aliphatic rings. The highest BCUT2D eigenvalue weighted by Crippen LogP contribution is 2.59. The van der Waals surface area contributed by atoms with Crippen molar-refractivity contribution >= 4 is 57.7 Å². The van der Waals surface area contributed by atoms with Gasteiger partial charge < -0.3 is 15.3 Å². The molecule has 4 amide bonds. The average Bonchev–Trinajstić information content (AvgIpc) is 3.51. The fourth-order valence-electron chi connectivity index (χ4n) is 8.52. The molecule has 2 aliphatic carbocycles. The van der Waals surface area contributed by atoms with Crippen molar-refractivity contribution in [2.75, 3.05) is 9.80 Å². The number of carboxylic acids is 2. The number of aromatic hydroxyl groups is 1. The van der Waals surface area contributed by atoms with Gasteiger partial charge in [0.2, 0.25) is 23.6 Å². The molecule has 6 unspecified atom stereocenters. The number of hydrogen-bond donors (Lipinski definition) is 3. The Balaban J connectivity index is 1.26. The van der Waals surface area contributed by atoms with Crippen LogP contribution in [0.1, 0.15) is 45.0 Å². The first-order chi connectivity index (χ1) is 23.6. The van der Waals surface area contributed by atoms with Crippen molar-refractivity contribution in [1.82, 2.24) is 0 Å². The maximum atomic E-state index is 14.4. The molecule has 2 aliphatic heterocycles. The molecule has 2 heterocycles. The van der Waals surface area contributed by atoms with Crippen molar-refractivity contribution in [2.24, 2.45) is 29.6 Å². The third-order valence-electron chi connectivity index (χ3n) is 10.6. The van der Waals surface area contributed by atoms with Gasteiger partial charge in [0.25, 0.3) is 0 Å². The number of carboxylic acid groups (broad SMARTS) is 2. The molecule has 2 saturated heterocycles. The molecule has 244 valence electrons. The zero-order valence-electron chi connectivity index (χ0n) is 25.7. The third-order valence-corrected chi connectivity index (χ3v) is 10.6. The second-order valence-corrected chi connectivity index (χ2v) is 13.0. The summed E-state index contributed by atoms with van der Waals surface area (Å²) in [5, 5.41) is 32.2. The molecule has 8 rings (SSSR count). The molecular formula is C38H28N2O9. The third kappa shape index (κ3) is 4.42. The summed E-state index contributed by atoms with van der Waals surface area (Å²) < 4.78 is 0. The van der Waals surface area contributed by atoms with Crippen molar-refractivity contribution in [3.63, 3.8) is 0 Å². The van der Waals surface area contributed by atoms with Gasteiger partial charge in [-0.1, -0.05) is 60.2 Å². The Bertz CT molecular complexity index is 2210. The molecular weight excluding hydrogens is 628 g/mol. The number of rotatable bonds is 5. The molecule has 0 bridgehead atoms. The Hall–Kier alpha value is -6.10. The number of allylic oxidation sites excluding steroid dienone is 2. The molecule has 0 spiro atoms. The lowest BCUT2D eigenvalue weighted by Crippen LogP contribution is -2.43. The number of phenolic OH excluding ortho intramolecular Hbond substituents is 1. The number of nitrogens with zero attached hydrogens (tertiary/aromatic N) is 2. The number of benzene rings is 4. The summed E-state index contributed by atoms with van der Waals surface area (Å²) in [6.07, 6.45) is 2.10. The van der Waals surface area contributed by atoms with Gasteiger partial charge in [-0.15, -0.1) is 0 Å². The van der Waals surface area contributed by atoms with Crippen molar-refractivity contribution in [3.05, 3.63) is 113 Å². The molecule has 0 radical (unpaired) electrons. The maximum absolute atomic E-state index is 14.4. The molecule has 11 heteroatoms. The minimum absolute atomic E-state index is 0.0574. The zero-order chi connectivity index (χ0) is 34.3. The van der Waals surface area contributed by atoms with Crippen LogP contribution in [0.5, 0.6) is 5.75 Å². The summed E-state index contributed by atoms with van der Waals surface area (Å²) in [4.78, 5) is 82.2.